The Kier molecular flexibility index (Phi) is 4.64. The lowest BCUT2D eigenvalue weighted by Crippen LogP contribution is -2.04. The summed E-state index contributed by atoms with van der Waals surface area (Å²) in [5.41, 5.74) is 3.80. The zero-order valence-corrected chi connectivity index (χ0v) is 15.6. The average Bonchev–Trinajstić information content (AvgIpc) is 3.10. The highest BCUT2D eigenvalue weighted by Crippen LogP contribution is 2.31. The molecule has 2 aromatic carbocycles. The fourth-order valence-corrected chi connectivity index (χ4v) is 2.95. The van der Waals surface area contributed by atoms with Gasteiger partial charge in [-0.05, 0) is 36.8 Å². The predicted octanol–water partition coefficient (Wildman–Crippen LogP) is 4.87. The Labute approximate surface area is 161 Å². The zero-order chi connectivity index (χ0) is 18.8. The minimum atomic E-state index is 0.522. The number of nitrogens with zero attached hydrogens (tertiary/aromatic N) is 3. The highest BCUT2D eigenvalue weighted by Gasteiger charge is 2.17. The molecule has 7 heteroatoms. The average molecular weight is 381 g/mol. The molecule has 4 aromatic rings. The molecule has 0 unspecified atom stereocenters. The van der Waals surface area contributed by atoms with Crippen molar-refractivity contribution in [3.8, 4) is 17.0 Å². The van der Waals surface area contributed by atoms with E-state index in [4.69, 9.17) is 20.9 Å². The lowest BCUT2D eigenvalue weighted by Gasteiger charge is -2.08. The maximum absolute atomic E-state index is 5.97. The number of fused-ring (bicyclic) bond motifs is 1. The summed E-state index contributed by atoms with van der Waals surface area (Å²) in [5.74, 6) is 2.05. The van der Waals surface area contributed by atoms with E-state index in [0.29, 0.717) is 40.0 Å². The van der Waals surface area contributed by atoms with Crippen molar-refractivity contribution in [1.82, 2.24) is 15.1 Å². The molecule has 1 N–H and O–H groups in total. The summed E-state index contributed by atoms with van der Waals surface area (Å²) in [6.45, 7) is 2.41. The summed E-state index contributed by atoms with van der Waals surface area (Å²) in [6, 6.07) is 15.2. The standard InChI is InChI=1S/C20H17ClN4O2/c1-12-23-18-17(14-6-8-15(21)9-7-14)25-27-19(18)20(24-12)22-11-13-4-3-5-16(10-13)26-2/h3-10H,11H2,1-2H3,(H,22,23,24). The molecule has 27 heavy (non-hydrogen) atoms. The van der Waals surface area contributed by atoms with Crippen LogP contribution in [0, 0.1) is 6.92 Å². The van der Waals surface area contributed by atoms with Gasteiger partial charge in [-0.2, -0.15) is 0 Å². The van der Waals surface area contributed by atoms with Crippen LogP contribution in [0.25, 0.3) is 22.4 Å². The second-order valence-electron chi connectivity index (χ2n) is 6.04. The SMILES string of the molecule is COc1cccc(CNc2nc(C)nc3c(-c4ccc(Cl)cc4)noc23)c1. The Bertz CT molecular complexity index is 1090. The third-order valence-corrected chi connectivity index (χ3v) is 4.39. The first kappa shape index (κ1) is 17.3. The van der Waals surface area contributed by atoms with Crippen molar-refractivity contribution < 1.29 is 9.26 Å². The molecule has 0 aliphatic rings. The van der Waals surface area contributed by atoms with Gasteiger partial charge in [-0.25, -0.2) is 9.97 Å². The monoisotopic (exact) mass is 380 g/mol. The Balaban J connectivity index is 1.68. The predicted molar refractivity (Wildman–Crippen MR) is 105 cm³/mol. The highest BCUT2D eigenvalue weighted by atomic mass is 35.5. The second kappa shape index (κ2) is 7.25. The Hall–Kier alpha value is -3.12. The molecular weight excluding hydrogens is 364 g/mol. The van der Waals surface area contributed by atoms with Crippen LogP contribution in [0.1, 0.15) is 11.4 Å². The number of nitrogens with one attached hydrogen (secondary N) is 1. The molecule has 0 atom stereocenters. The van der Waals surface area contributed by atoms with Gasteiger partial charge >= 0.3 is 0 Å². The molecule has 0 amide bonds. The van der Waals surface area contributed by atoms with E-state index in [2.05, 4.69) is 20.4 Å². The minimum absolute atomic E-state index is 0.522. The van der Waals surface area contributed by atoms with Crippen LogP contribution in [0.2, 0.25) is 5.02 Å². The summed E-state index contributed by atoms with van der Waals surface area (Å²) in [7, 11) is 1.65. The van der Waals surface area contributed by atoms with Crippen LogP contribution in [-0.4, -0.2) is 22.2 Å². The Morgan fingerprint density at radius 2 is 1.93 bits per heavy atom. The van der Waals surface area contributed by atoms with E-state index in [0.717, 1.165) is 16.9 Å². The Morgan fingerprint density at radius 3 is 2.70 bits per heavy atom. The molecule has 0 fully saturated rings. The third kappa shape index (κ3) is 3.57. The molecule has 2 heterocycles. The topological polar surface area (TPSA) is 73.1 Å². The fourth-order valence-electron chi connectivity index (χ4n) is 2.83. The minimum Gasteiger partial charge on any atom is -0.497 e. The van der Waals surface area contributed by atoms with Crippen molar-refractivity contribution in [1.29, 1.82) is 0 Å². The maximum Gasteiger partial charge on any atom is 0.228 e. The number of methoxy groups -OCH3 is 1. The molecule has 0 saturated carbocycles. The van der Waals surface area contributed by atoms with Gasteiger partial charge in [-0.3, -0.25) is 0 Å². The van der Waals surface area contributed by atoms with Crippen LogP contribution >= 0.6 is 11.6 Å². The largest absolute Gasteiger partial charge is 0.497 e. The number of hydrogen-bond donors (Lipinski definition) is 1. The molecule has 0 spiro atoms. The molecular formula is C20H17ClN4O2. The summed E-state index contributed by atoms with van der Waals surface area (Å²) < 4.78 is 10.8. The smallest absolute Gasteiger partial charge is 0.228 e. The first-order valence-corrected chi connectivity index (χ1v) is 8.78. The van der Waals surface area contributed by atoms with Crippen LogP contribution in [0.15, 0.2) is 53.1 Å². The summed E-state index contributed by atoms with van der Waals surface area (Å²) in [5, 5.41) is 8.17. The number of benzene rings is 2. The molecule has 6 nitrogen and oxygen atoms in total. The Morgan fingerprint density at radius 1 is 1.11 bits per heavy atom. The van der Waals surface area contributed by atoms with Gasteiger partial charge in [0.05, 0.1) is 7.11 Å². The van der Waals surface area contributed by atoms with E-state index in [1.54, 1.807) is 7.11 Å². The molecule has 136 valence electrons. The normalized spacial score (nSPS) is 10.9. The van der Waals surface area contributed by atoms with E-state index in [9.17, 15) is 0 Å². The van der Waals surface area contributed by atoms with E-state index >= 15 is 0 Å². The van der Waals surface area contributed by atoms with Crippen molar-refractivity contribution in [2.75, 3.05) is 12.4 Å². The first-order valence-electron chi connectivity index (χ1n) is 8.41. The van der Waals surface area contributed by atoms with Crippen LogP contribution in [0.4, 0.5) is 5.82 Å². The summed E-state index contributed by atoms with van der Waals surface area (Å²) in [6.07, 6.45) is 0. The molecule has 0 radical (unpaired) electrons. The molecule has 0 aliphatic heterocycles. The van der Waals surface area contributed by atoms with Crippen molar-refractivity contribution in [2.24, 2.45) is 0 Å². The van der Waals surface area contributed by atoms with Crippen molar-refractivity contribution in [3.63, 3.8) is 0 Å². The highest BCUT2D eigenvalue weighted by molar-refractivity contribution is 6.30. The van der Waals surface area contributed by atoms with Crippen molar-refractivity contribution in [2.45, 2.75) is 13.5 Å². The molecule has 0 bridgehead atoms. The van der Waals surface area contributed by atoms with Crippen LogP contribution < -0.4 is 10.1 Å². The van der Waals surface area contributed by atoms with E-state index in [1.807, 2.05) is 55.5 Å². The number of ether oxygens (including phenoxy) is 1. The maximum atomic E-state index is 5.97. The van der Waals surface area contributed by atoms with E-state index in [-0.39, 0.29) is 0 Å². The van der Waals surface area contributed by atoms with Gasteiger partial charge < -0.3 is 14.6 Å². The molecule has 4 rings (SSSR count). The summed E-state index contributed by atoms with van der Waals surface area (Å²) >= 11 is 5.97. The number of anilines is 1. The van der Waals surface area contributed by atoms with Crippen LogP contribution in [0.3, 0.4) is 0 Å². The molecule has 2 aromatic heterocycles. The molecule has 0 saturated heterocycles. The van der Waals surface area contributed by atoms with E-state index in [1.165, 1.54) is 0 Å². The fraction of sp³-hybridized carbons (Fsp3) is 0.150. The summed E-state index contributed by atoms with van der Waals surface area (Å²) in [4.78, 5) is 8.99. The van der Waals surface area contributed by atoms with Gasteiger partial charge in [-0.1, -0.05) is 41.0 Å². The number of rotatable bonds is 5. The van der Waals surface area contributed by atoms with Gasteiger partial charge in [0.2, 0.25) is 5.58 Å². The van der Waals surface area contributed by atoms with Gasteiger partial charge in [0, 0.05) is 17.1 Å². The molecule has 0 aliphatic carbocycles. The van der Waals surface area contributed by atoms with Crippen molar-refractivity contribution >= 4 is 28.5 Å². The number of halogens is 1. The lowest BCUT2D eigenvalue weighted by molar-refractivity contribution is 0.414. The quantitative estimate of drug-likeness (QED) is 0.532. The first-order chi connectivity index (χ1) is 13.1. The van der Waals surface area contributed by atoms with Crippen molar-refractivity contribution in [3.05, 3.63) is 64.9 Å². The number of aromatic nitrogens is 3. The van der Waals surface area contributed by atoms with Crippen LogP contribution in [0.5, 0.6) is 5.75 Å². The third-order valence-electron chi connectivity index (χ3n) is 4.14. The van der Waals surface area contributed by atoms with Gasteiger partial charge in [0.15, 0.2) is 5.82 Å². The lowest BCUT2D eigenvalue weighted by atomic mass is 10.1. The van der Waals surface area contributed by atoms with E-state index < -0.39 is 0 Å². The number of hydrogen-bond acceptors (Lipinski definition) is 6. The van der Waals surface area contributed by atoms with Gasteiger partial charge in [0.25, 0.3) is 0 Å². The van der Waals surface area contributed by atoms with Crippen LogP contribution in [-0.2, 0) is 6.54 Å². The van der Waals surface area contributed by atoms with Gasteiger partial charge in [-0.15, -0.1) is 0 Å². The number of aryl methyl sites for hydroxylation is 1. The second-order valence-corrected chi connectivity index (χ2v) is 6.48. The zero-order valence-electron chi connectivity index (χ0n) is 14.9. The van der Waals surface area contributed by atoms with Gasteiger partial charge in [0.1, 0.15) is 22.8 Å².